The zero-order valence-electron chi connectivity index (χ0n) is 22.8. The Morgan fingerprint density at radius 1 is 1.10 bits per heavy atom. The molecule has 208 valence electrons. The second-order valence-electron chi connectivity index (χ2n) is 9.98. The second-order valence-corrected chi connectivity index (χ2v) is 9.98. The number of esters is 1. The zero-order chi connectivity index (χ0) is 28.7. The Morgan fingerprint density at radius 2 is 1.85 bits per heavy atom. The first-order chi connectivity index (χ1) is 19.9. The molecule has 0 saturated heterocycles. The van der Waals surface area contributed by atoms with E-state index in [9.17, 15) is 14.7 Å². The van der Waals surface area contributed by atoms with Crippen molar-refractivity contribution in [3.8, 4) is 17.3 Å². The van der Waals surface area contributed by atoms with Gasteiger partial charge in [-0.1, -0.05) is 18.2 Å². The van der Waals surface area contributed by atoms with Gasteiger partial charge in [-0.05, 0) is 63.1 Å². The number of carbonyl (C=O) groups is 2. The molecule has 2 aromatic heterocycles. The number of nitrogens with two attached hydrogens (primary N) is 1. The van der Waals surface area contributed by atoms with Gasteiger partial charge in [0.2, 0.25) is 0 Å². The van der Waals surface area contributed by atoms with Crippen molar-refractivity contribution in [2.24, 2.45) is 5.73 Å². The van der Waals surface area contributed by atoms with E-state index in [1.165, 1.54) is 0 Å². The number of phenolic OH excluding ortho intramolecular Hbond substituents is 1. The van der Waals surface area contributed by atoms with Gasteiger partial charge >= 0.3 is 5.97 Å². The van der Waals surface area contributed by atoms with Crippen molar-refractivity contribution in [3.05, 3.63) is 107 Å². The highest BCUT2D eigenvalue weighted by Gasteiger charge is 2.45. The molecule has 0 radical (unpaired) electrons. The largest absolute Gasteiger partial charge is 0.508 e. The number of Topliss-reactive ketones (excluding diaryl/α,β-unsaturated/α-hetero) is 1. The number of ketones is 1. The molecule has 0 bridgehead atoms. The van der Waals surface area contributed by atoms with Crippen molar-refractivity contribution < 1.29 is 19.4 Å². The van der Waals surface area contributed by atoms with Gasteiger partial charge < -0.3 is 15.6 Å². The van der Waals surface area contributed by atoms with E-state index < -0.39 is 11.9 Å². The van der Waals surface area contributed by atoms with Gasteiger partial charge in [0.1, 0.15) is 23.7 Å². The van der Waals surface area contributed by atoms with Gasteiger partial charge in [-0.25, -0.2) is 14.5 Å². The van der Waals surface area contributed by atoms with Crippen molar-refractivity contribution >= 4 is 17.4 Å². The van der Waals surface area contributed by atoms with Crippen LogP contribution in [0.1, 0.15) is 43.4 Å². The normalized spacial score (nSPS) is 17.2. The van der Waals surface area contributed by atoms with Gasteiger partial charge in [-0.3, -0.25) is 14.3 Å². The predicted octanol–water partition coefficient (Wildman–Crippen LogP) is 4.42. The molecule has 10 heteroatoms. The van der Waals surface area contributed by atoms with Crippen LogP contribution in [0.4, 0.5) is 5.69 Å². The van der Waals surface area contributed by atoms with Crippen LogP contribution in [0.25, 0.3) is 11.5 Å². The van der Waals surface area contributed by atoms with Crippen LogP contribution in [-0.4, -0.2) is 42.8 Å². The number of hydrogen-bond donors (Lipinski definition) is 2. The molecule has 6 rings (SSSR count). The van der Waals surface area contributed by atoms with Crippen molar-refractivity contribution in [1.82, 2.24) is 19.3 Å². The molecule has 1 aliphatic heterocycles. The molecule has 2 aliphatic rings. The van der Waals surface area contributed by atoms with Crippen molar-refractivity contribution in [3.63, 3.8) is 0 Å². The number of benzene rings is 2. The van der Waals surface area contributed by atoms with Gasteiger partial charge in [0.05, 0.1) is 29.5 Å². The fraction of sp³-hybridized carbons (Fsp3) is 0.226. The Hall–Kier alpha value is -5.12. The van der Waals surface area contributed by atoms with Crippen LogP contribution in [0, 0.1) is 6.92 Å². The summed E-state index contributed by atoms with van der Waals surface area (Å²) < 4.78 is 9.19. The van der Waals surface area contributed by atoms with Crippen LogP contribution in [-0.2, 0) is 14.3 Å². The number of aromatic hydroxyl groups is 1. The van der Waals surface area contributed by atoms with E-state index in [0.717, 1.165) is 11.4 Å². The summed E-state index contributed by atoms with van der Waals surface area (Å²) in [5.41, 5.74) is 11.0. The predicted molar refractivity (Wildman–Crippen MR) is 152 cm³/mol. The first kappa shape index (κ1) is 26.1. The number of aryl methyl sites for hydroxylation is 1. The summed E-state index contributed by atoms with van der Waals surface area (Å²) in [6.45, 7) is 3.74. The smallest absolute Gasteiger partial charge is 0.338 e. The Morgan fingerprint density at radius 3 is 2.54 bits per heavy atom. The molecule has 1 atom stereocenters. The average molecular weight is 551 g/mol. The zero-order valence-corrected chi connectivity index (χ0v) is 22.8. The summed E-state index contributed by atoms with van der Waals surface area (Å²) in [7, 11) is 0. The highest BCUT2D eigenvalue weighted by atomic mass is 16.5. The summed E-state index contributed by atoms with van der Waals surface area (Å²) in [6.07, 6.45) is 6.72. The summed E-state index contributed by atoms with van der Waals surface area (Å²) in [5, 5.41) is 14.8. The average Bonchev–Trinajstić information content (AvgIpc) is 3.62. The van der Waals surface area contributed by atoms with Crippen molar-refractivity contribution in [2.75, 3.05) is 11.5 Å². The molecule has 3 N–H and O–H groups in total. The summed E-state index contributed by atoms with van der Waals surface area (Å²) >= 11 is 0. The highest BCUT2D eigenvalue weighted by molar-refractivity contribution is 6.05. The van der Waals surface area contributed by atoms with Crippen LogP contribution >= 0.6 is 0 Å². The third-order valence-corrected chi connectivity index (χ3v) is 7.52. The lowest BCUT2D eigenvalue weighted by Crippen LogP contribution is -2.41. The first-order valence-corrected chi connectivity index (χ1v) is 13.6. The molecule has 3 heterocycles. The molecular weight excluding hydrogens is 520 g/mol. The number of allylic oxidation sites excluding steroid dienone is 2. The maximum Gasteiger partial charge on any atom is 0.338 e. The molecule has 0 saturated carbocycles. The number of nitrogens with zero attached hydrogens (tertiary/aromatic N) is 5. The maximum absolute atomic E-state index is 13.9. The quantitative estimate of drug-likeness (QED) is 0.338. The minimum atomic E-state index is -0.819. The molecule has 0 amide bonds. The lowest BCUT2D eigenvalue weighted by atomic mass is 9.75. The summed E-state index contributed by atoms with van der Waals surface area (Å²) in [4.78, 5) is 33.7. The molecule has 0 fully saturated rings. The number of carbonyl (C=O) groups excluding carboxylic acids is 2. The summed E-state index contributed by atoms with van der Waals surface area (Å²) in [6, 6.07) is 16.2. The number of aromatic nitrogens is 4. The van der Waals surface area contributed by atoms with Crippen LogP contribution in [0.2, 0.25) is 0 Å². The van der Waals surface area contributed by atoms with Crippen LogP contribution < -0.4 is 10.6 Å². The van der Waals surface area contributed by atoms with Gasteiger partial charge in [0, 0.05) is 41.3 Å². The minimum Gasteiger partial charge on any atom is -0.508 e. The van der Waals surface area contributed by atoms with E-state index in [4.69, 9.17) is 15.6 Å². The number of hydrogen-bond acceptors (Lipinski definition) is 8. The van der Waals surface area contributed by atoms with E-state index in [2.05, 4.69) is 4.98 Å². The van der Waals surface area contributed by atoms with E-state index in [-0.39, 0.29) is 29.5 Å². The van der Waals surface area contributed by atoms with Crippen LogP contribution in [0.3, 0.4) is 0 Å². The number of phenols is 1. The van der Waals surface area contributed by atoms with E-state index >= 15 is 0 Å². The topological polar surface area (TPSA) is 128 Å². The minimum absolute atomic E-state index is 0.0576. The van der Waals surface area contributed by atoms with E-state index in [1.54, 1.807) is 59.5 Å². The number of imidazole rings is 1. The van der Waals surface area contributed by atoms with Gasteiger partial charge in [0.15, 0.2) is 5.78 Å². The van der Waals surface area contributed by atoms with E-state index in [0.29, 0.717) is 47.6 Å². The Bertz CT molecular complexity index is 1680. The van der Waals surface area contributed by atoms with Crippen LogP contribution in [0.5, 0.6) is 5.75 Å². The molecule has 10 nitrogen and oxygen atoms in total. The molecule has 4 aromatic rings. The standard InChI is InChI=1S/C31H30N6O4/c1-3-41-31(40)28-27(25-19(2)34-37(21-8-5-4-6-9-21)30(25)35-17-16-33-18-35)26-23(10-7-11-24(26)39)36(29(28)32)20-12-14-22(38)15-13-20/h4-6,8-9,12-18,27,38H,3,7,10-11,32H2,1-2H3. The lowest BCUT2D eigenvalue weighted by Gasteiger charge is -2.40. The Labute approximate surface area is 237 Å². The van der Waals surface area contributed by atoms with Crippen molar-refractivity contribution in [2.45, 2.75) is 39.0 Å². The monoisotopic (exact) mass is 550 g/mol. The number of anilines is 1. The molecule has 41 heavy (non-hydrogen) atoms. The fourth-order valence-corrected chi connectivity index (χ4v) is 5.83. The number of ether oxygens (including phenoxy) is 1. The van der Waals surface area contributed by atoms with E-state index in [1.807, 2.05) is 41.8 Å². The van der Waals surface area contributed by atoms with Crippen LogP contribution in [0.15, 0.2) is 96.0 Å². The molecule has 2 aromatic carbocycles. The third kappa shape index (κ3) is 4.37. The number of para-hydroxylation sites is 1. The van der Waals surface area contributed by atoms with Gasteiger partial charge in [-0.2, -0.15) is 5.10 Å². The molecule has 0 spiro atoms. The molecule has 1 unspecified atom stereocenters. The van der Waals surface area contributed by atoms with Gasteiger partial charge in [-0.15, -0.1) is 0 Å². The lowest BCUT2D eigenvalue weighted by molar-refractivity contribution is -0.138. The first-order valence-electron chi connectivity index (χ1n) is 13.6. The number of rotatable bonds is 6. The molecule has 1 aliphatic carbocycles. The van der Waals surface area contributed by atoms with Gasteiger partial charge in [0.25, 0.3) is 0 Å². The highest BCUT2D eigenvalue weighted by Crippen LogP contribution is 2.49. The Balaban J connectivity index is 1.68. The summed E-state index contributed by atoms with van der Waals surface area (Å²) in [5.74, 6) is -0.560. The van der Waals surface area contributed by atoms with Crippen molar-refractivity contribution in [1.29, 1.82) is 0 Å². The third-order valence-electron chi connectivity index (χ3n) is 7.52. The molecular formula is C31H30N6O4. The fourth-order valence-electron chi connectivity index (χ4n) is 5.83. The second kappa shape index (κ2) is 10.5. The SMILES string of the molecule is CCOC(=O)C1=C(N)N(c2ccc(O)cc2)C2=C(C(=O)CCC2)C1c1c(C)nn(-c2ccccc2)c1-n1ccnc1. The Kier molecular flexibility index (Phi) is 6.66. The maximum atomic E-state index is 13.9.